The second kappa shape index (κ2) is 9.50. The summed E-state index contributed by atoms with van der Waals surface area (Å²) in [5.41, 5.74) is 7.76. The number of nitrogen functional groups attached to an aromatic ring is 1. The summed E-state index contributed by atoms with van der Waals surface area (Å²) in [5.74, 6) is 0.460. The maximum absolute atomic E-state index is 12.5. The molecular formula is C22H21N2O6S-. The van der Waals surface area contributed by atoms with Crippen molar-refractivity contribution in [3.63, 3.8) is 0 Å². The van der Waals surface area contributed by atoms with Gasteiger partial charge < -0.3 is 24.5 Å². The monoisotopic (exact) mass is 441 g/mol. The fourth-order valence-corrected chi connectivity index (χ4v) is 3.52. The number of aryl methyl sites for hydroxylation is 1. The van der Waals surface area contributed by atoms with E-state index in [1.165, 1.54) is 26.4 Å². The summed E-state index contributed by atoms with van der Waals surface area (Å²) in [6.07, 6.45) is 0. The first-order valence-electron chi connectivity index (χ1n) is 9.14. The lowest BCUT2D eigenvalue weighted by atomic mass is 10.1. The van der Waals surface area contributed by atoms with Crippen molar-refractivity contribution in [2.45, 2.75) is 6.92 Å². The Morgan fingerprint density at radius 1 is 1.00 bits per heavy atom. The molecule has 0 bridgehead atoms. The van der Waals surface area contributed by atoms with Gasteiger partial charge in [0.15, 0.2) is 0 Å². The van der Waals surface area contributed by atoms with E-state index in [0.717, 1.165) is 9.87 Å². The number of esters is 1. The van der Waals surface area contributed by atoms with Crippen molar-refractivity contribution < 1.29 is 27.8 Å². The molecular weight excluding hydrogens is 420 g/mol. The Bertz CT molecular complexity index is 1120. The number of nitrogens with two attached hydrogens (primary N) is 1. The molecule has 0 aromatic heterocycles. The van der Waals surface area contributed by atoms with Gasteiger partial charge in [-0.1, -0.05) is 17.7 Å². The highest BCUT2D eigenvalue weighted by Gasteiger charge is 2.21. The van der Waals surface area contributed by atoms with Crippen molar-refractivity contribution in [3.05, 3.63) is 71.8 Å². The zero-order valence-corrected chi connectivity index (χ0v) is 18.0. The van der Waals surface area contributed by atoms with E-state index in [2.05, 4.69) is 0 Å². The minimum atomic E-state index is -2.69. The molecule has 0 heterocycles. The number of hydrogen-bond donors (Lipinski definition) is 1. The Kier molecular flexibility index (Phi) is 6.78. The summed E-state index contributed by atoms with van der Waals surface area (Å²) >= 11 is -2.69. The van der Waals surface area contributed by atoms with Crippen LogP contribution in [0.3, 0.4) is 0 Å². The van der Waals surface area contributed by atoms with Gasteiger partial charge in [0.25, 0.3) is 0 Å². The largest absolute Gasteiger partial charge is 0.755 e. The van der Waals surface area contributed by atoms with Crippen LogP contribution in [0.25, 0.3) is 0 Å². The maximum atomic E-state index is 12.5. The van der Waals surface area contributed by atoms with Crippen LogP contribution in [0.4, 0.5) is 17.1 Å². The number of nitrogens with zero attached hydrogens (tertiary/aromatic N) is 1. The van der Waals surface area contributed by atoms with Gasteiger partial charge in [0, 0.05) is 6.07 Å². The number of carbonyl (C=O) groups excluding carboxylic acids is 1. The molecule has 3 rings (SSSR count). The first kappa shape index (κ1) is 22.1. The summed E-state index contributed by atoms with van der Waals surface area (Å²) in [4.78, 5) is 12.5. The lowest BCUT2D eigenvalue weighted by Crippen LogP contribution is -2.22. The SMILES string of the molecule is COC(=O)c1cc(Oc2ccc(N)c(OC)c2)ccc1N(c1ccc(C)cc1)S(=O)[O-]. The normalized spacial score (nSPS) is 11.5. The van der Waals surface area contributed by atoms with Crippen molar-refractivity contribution in [3.8, 4) is 17.2 Å². The van der Waals surface area contributed by atoms with Gasteiger partial charge in [-0.3, -0.25) is 8.51 Å². The third-order valence-electron chi connectivity index (χ3n) is 4.45. The number of rotatable bonds is 7. The topological polar surface area (TPSA) is 114 Å². The second-order valence-electron chi connectivity index (χ2n) is 6.52. The first-order chi connectivity index (χ1) is 14.8. The molecule has 3 aromatic rings. The van der Waals surface area contributed by atoms with Crippen molar-refractivity contribution in [2.75, 3.05) is 24.3 Å². The summed E-state index contributed by atoms with van der Waals surface area (Å²) in [6, 6.07) is 16.2. The predicted octanol–water partition coefficient (Wildman–Crippen LogP) is 4.10. The highest BCUT2D eigenvalue weighted by molar-refractivity contribution is 7.81. The molecule has 0 aliphatic rings. The Morgan fingerprint density at radius 3 is 2.26 bits per heavy atom. The number of carbonyl (C=O) groups is 1. The minimum absolute atomic E-state index is 0.0205. The number of benzene rings is 3. The molecule has 0 amide bonds. The minimum Gasteiger partial charge on any atom is -0.755 e. The Labute approximate surface area is 182 Å². The number of anilines is 3. The summed E-state index contributed by atoms with van der Waals surface area (Å²) in [5, 5.41) is 0. The van der Waals surface area contributed by atoms with Crippen LogP contribution in [0.5, 0.6) is 17.2 Å². The van der Waals surface area contributed by atoms with Crippen LogP contribution >= 0.6 is 0 Å². The van der Waals surface area contributed by atoms with Crippen molar-refractivity contribution in [2.24, 2.45) is 0 Å². The Balaban J connectivity index is 2.04. The fourth-order valence-electron chi connectivity index (χ4n) is 2.91. The van der Waals surface area contributed by atoms with E-state index in [-0.39, 0.29) is 11.3 Å². The third-order valence-corrected chi connectivity index (χ3v) is 5.16. The molecule has 31 heavy (non-hydrogen) atoms. The van der Waals surface area contributed by atoms with Crippen LogP contribution in [-0.2, 0) is 16.0 Å². The average Bonchev–Trinajstić information content (AvgIpc) is 2.76. The molecule has 1 atom stereocenters. The van der Waals surface area contributed by atoms with E-state index in [4.69, 9.17) is 19.9 Å². The molecule has 3 aromatic carbocycles. The van der Waals surface area contributed by atoms with Crippen LogP contribution in [-0.4, -0.2) is 29.0 Å². The fraction of sp³-hybridized carbons (Fsp3) is 0.136. The van der Waals surface area contributed by atoms with Gasteiger partial charge in [0.05, 0.1) is 48.1 Å². The molecule has 162 valence electrons. The summed E-state index contributed by atoms with van der Waals surface area (Å²) < 4.78 is 41.0. The molecule has 0 aliphatic heterocycles. The number of methoxy groups -OCH3 is 2. The Hall–Kier alpha value is -3.56. The number of hydrogen-bond acceptors (Lipinski definition) is 7. The van der Waals surface area contributed by atoms with Gasteiger partial charge >= 0.3 is 5.97 Å². The zero-order valence-electron chi connectivity index (χ0n) is 17.2. The Morgan fingerprint density at radius 2 is 1.65 bits per heavy atom. The van der Waals surface area contributed by atoms with E-state index in [1.54, 1.807) is 48.5 Å². The molecule has 8 nitrogen and oxygen atoms in total. The van der Waals surface area contributed by atoms with Gasteiger partial charge in [0.2, 0.25) is 0 Å². The van der Waals surface area contributed by atoms with Crippen LogP contribution in [0.2, 0.25) is 0 Å². The average molecular weight is 441 g/mol. The standard InChI is InChI=1S/C22H22N2O6S/c1-14-4-6-15(7-5-14)24(31(26)27)20-11-9-16(12-18(20)22(25)29-3)30-17-8-10-19(23)21(13-17)28-2/h4-13H,23H2,1-3H3,(H,26,27)/p-1. The molecule has 0 saturated heterocycles. The summed E-state index contributed by atoms with van der Waals surface area (Å²) in [7, 11) is 2.71. The van der Waals surface area contributed by atoms with E-state index in [1.807, 2.05) is 6.92 Å². The lowest BCUT2D eigenvalue weighted by molar-refractivity contribution is 0.0601. The van der Waals surface area contributed by atoms with Crippen molar-refractivity contribution in [1.29, 1.82) is 0 Å². The number of ether oxygens (including phenoxy) is 3. The van der Waals surface area contributed by atoms with Gasteiger partial charge in [0.1, 0.15) is 17.2 Å². The highest BCUT2D eigenvalue weighted by atomic mass is 32.2. The predicted molar refractivity (Wildman–Crippen MR) is 117 cm³/mol. The van der Waals surface area contributed by atoms with E-state index < -0.39 is 17.2 Å². The molecule has 0 fully saturated rings. The molecule has 0 saturated carbocycles. The maximum Gasteiger partial charge on any atom is 0.340 e. The first-order valence-corrected chi connectivity index (χ1v) is 10.2. The van der Waals surface area contributed by atoms with E-state index >= 15 is 0 Å². The quantitative estimate of drug-likeness (QED) is 0.333. The van der Waals surface area contributed by atoms with Crippen molar-refractivity contribution in [1.82, 2.24) is 0 Å². The summed E-state index contributed by atoms with van der Waals surface area (Å²) in [6.45, 7) is 1.89. The van der Waals surface area contributed by atoms with E-state index in [0.29, 0.717) is 28.6 Å². The second-order valence-corrected chi connectivity index (χ2v) is 7.32. The van der Waals surface area contributed by atoms with Gasteiger partial charge in [-0.05, 0) is 49.4 Å². The van der Waals surface area contributed by atoms with Crippen LogP contribution < -0.4 is 19.5 Å². The molecule has 0 spiro atoms. The lowest BCUT2D eigenvalue weighted by Gasteiger charge is -2.28. The van der Waals surface area contributed by atoms with Gasteiger partial charge in [-0.15, -0.1) is 0 Å². The van der Waals surface area contributed by atoms with Gasteiger partial charge in [-0.25, -0.2) is 4.79 Å². The van der Waals surface area contributed by atoms with Crippen LogP contribution in [0.15, 0.2) is 60.7 Å². The highest BCUT2D eigenvalue weighted by Crippen LogP contribution is 2.35. The van der Waals surface area contributed by atoms with Gasteiger partial charge in [-0.2, -0.15) is 0 Å². The molecule has 0 aliphatic carbocycles. The van der Waals surface area contributed by atoms with Crippen LogP contribution in [0, 0.1) is 6.92 Å². The zero-order chi connectivity index (χ0) is 22.5. The third kappa shape index (κ3) is 4.96. The smallest absolute Gasteiger partial charge is 0.340 e. The molecule has 1 unspecified atom stereocenters. The van der Waals surface area contributed by atoms with E-state index in [9.17, 15) is 13.6 Å². The molecule has 9 heteroatoms. The van der Waals surface area contributed by atoms with Crippen LogP contribution in [0.1, 0.15) is 15.9 Å². The molecule has 2 N–H and O–H groups in total. The molecule has 0 radical (unpaired) electrons. The van der Waals surface area contributed by atoms with Crippen molar-refractivity contribution >= 4 is 34.3 Å².